The number of nitrogens with one attached hydrogen (secondary N) is 2. The molecule has 30 heavy (non-hydrogen) atoms. The molecule has 4 N–H and O–H groups in total. The molecule has 0 aromatic rings. The van der Waals surface area contributed by atoms with Gasteiger partial charge in [0.05, 0.1) is 13.2 Å². The maximum Gasteiger partial charge on any atom is 0.408 e. The fraction of sp³-hybridized carbons (Fsp3) is 0.762. The molecule has 0 aliphatic rings. The summed E-state index contributed by atoms with van der Waals surface area (Å²) in [7, 11) is -1.93. The Morgan fingerprint density at radius 1 is 1.17 bits per heavy atom. The molecule has 8 nitrogen and oxygen atoms in total. The second-order valence-corrected chi connectivity index (χ2v) is 14.6. The first kappa shape index (κ1) is 28.1. The van der Waals surface area contributed by atoms with Crippen molar-refractivity contribution in [2.24, 2.45) is 5.73 Å². The van der Waals surface area contributed by atoms with Gasteiger partial charge >= 0.3 is 12.1 Å². The SMILES string of the molecule is CCOC(=O)[C@@H](CCC(=N)C=C(N)CO[Si](C)(C)C(C)(C)C)NC(=O)OC(C)(C)C. The summed E-state index contributed by atoms with van der Waals surface area (Å²) in [5.74, 6) is -0.561. The monoisotopic (exact) mass is 443 g/mol. The number of hydrogen-bond donors (Lipinski definition) is 3. The summed E-state index contributed by atoms with van der Waals surface area (Å²) in [4.78, 5) is 24.2. The number of esters is 1. The highest BCUT2D eigenvalue weighted by Crippen LogP contribution is 2.36. The summed E-state index contributed by atoms with van der Waals surface area (Å²) >= 11 is 0. The quantitative estimate of drug-likeness (QED) is 0.265. The van der Waals surface area contributed by atoms with Crippen LogP contribution in [0.5, 0.6) is 0 Å². The number of carbonyl (C=O) groups is 2. The van der Waals surface area contributed by atoms with Gasteiger partial charge in [-0.25, -0.2) is 9.59 Å². The van der Waals surface area contributed by atoms with Crippen LogP contribution < -0.4 is 11.1 Å². The van der Waals surface area contributed by atoms with E-state index >= 15 is 0 Å². The van der Waals surface area contributed by atoms with Crippen molar-refractivity contribution in [1.82, 2.24) is 5.32 Å². The fourth-order valence-corrected chi connectivity index (χ4v) is 3.02. The molecule has 0 rings (SSSR count). The van der Waals surface area contributed by atoms with Gasteiger partial charge in [-0.05, 0) is 64.7 Å². The molecule has 174 valence electrons. The predicted molar refractivity (Wildman–Crippen MR) is 122 cm³/mol. The molecule has 0 radical (unpaired) electrons. The van der Waals surface area contributed by atoms with Crippen molar-refractivity contribution in [2.75, 3.05) is 13.2 Å². The van der Waals surface area contributed by atoms with Gasteiger partial charge in [0, 0.05) is 11.4 Å². The third-order valence-corrected chi connectivity index (χ3v) is 9.21. The first-order valence-electron chi connectivity index (χ1n) is 10.3. The Balaban J connectivity index is 4.88. The van der Waals surface area contributed by atoms with E-state index in [0.29, 0.717) is 5.70 Å². The van der Waals surface area contributed by atoms with Gasteiger partial charge in [-0.2, -0.15) is 0 Å². The first-order valence-corrected chi connectivity index (χ1v) is 13.2. The maximum absolute atomic E-state index is 12.2. The van der Waals surface area contributed by atoms with Gasteiger partial charge in [-0.3, -0.25) is 0 Å². The van der Waals surface area contributed by atoms with Gasteiger partial charge < -0.3 is 30.4 Å². The predicted octanol–water partition coefficient (Wildman–Crippen LogP) is 4.11. The smallest absolute Gasteiger partial charge is 0.408 e. The zero-order valence-corrected chi connectivity index (χ0v) is 21.1. The molecule has 0 aromatic carbocycles. The van der Waals surface area contributed by atoms with Gasteiger partial charge in [0.15, 0.2) is 8.32 Å². The second kappa shape index (κ2) is 11.5. The Morgan fingerprint density at radius 2 is 1.73 bits per heavy atom. The van der Waals surface area contributed by atoms with Crippen molar-refractivity contribution >= 4 is 26.1 Å². The van der Waals surface area contributed by atoms with E-state index in [2.05, 4.69) is 39.2 Å². The number of alkyl carbamates (subject to hydrolysis) is 1. The van der Waals surface area contributed by atoms with Crippen LogP contribution >= 0.6 is 0 Å². The highest BCUT2D eigenvalue weighted by Gasteiger charge is 2.37. The number of nitrogens with two attached hydrogens (primary N) is 1. The Hall–Kier alpha value is -1.87. The van der Waals surface area contributed by atoms with Crippen molar-refractivity contribution in [3.8, 4) is 0 Å². The molecule has 0 spiro atoms. The van der Waals surface area contributed by atoms with Crippen LogP contribution in [0.2, 0.25) is 18.1 Å². The Labute approximate surface area is 182 Å². The van der Waals surface area contributed by atoms with Crippen molar-refractivity contribution < 1.29 is 23.5 Å². The lowest BCUT2D eigenvalue weighted by Gasteiger charge is -2.36. The van der Waals surface area contributed by atoms with Crippen molar-refractivity contribution in [1.29, 1.82) is 5.41 Å². The average molecular weight is 444 g/mol. The minimum Gasteiger partial charge on any atom is -0.464 e. The fourth-order valence-electron chi connectivity index (χ4n) is 2.06. The summed E-state index contributed by atoms with van der Waals surface area (Å²) in [5.41, 5.74) is 6.04. The number of ether oxygens (including phenoxy) is 2. The lowest BCUT2D eigenvalue weighted by molar-refractivity contribution is -0.145. The van der Waals surface area contributed by atoms with Gasteiger partial charge in [0.25, 0.3) is 0 Å². The summed E-state index contributed by atoms with van der Waals surface area (Å²) < 4.78 is 16.3. The van der Waals surface area contributed by atoms with Crippen molar-refractivity contribution in [3.05, 3.63) is 11.8 Å². The molecule has 0 saturated heterocycles. The van der Waals surface area contributed by atoms with E-state index in [1.54, 1.807) is 33.8 Å². The van der Waals surface area contributed by atoms with E-state index in [1.807, 2.05) is 0 Å². The van der Waals surface area contributed by atoms with E-state index < -0.39 is 32.0 Å². The molecule has 0 heterocycles. The highest BCUT2D eigenvalue weighted by atomic mass is 28.4. The molecule has 9 heteroatoms. The van der Waals surface area contributed by atoms with E-state index in [-0.39, 0.29) is 36.8 Å². The van der Waals surface area contributed by atoms with E-state index in [4.69, 9.17) is 25.0 Å². The summed E-state index contributed by atoms with van der Waals surface area (Å²) in [5, 5.41) is 10.7. The summed E-state index contributed by atoms with van der Waals surface area (Å²) in [6.07, 6.45) is 1.28. The van der Waals surface area contributed by atoms with Crippen LogP contribution in [0.3, 0.4) is 0 Å². The maximum atomic E-state index is 12.2. The number of carbonyl (C=O) groups excluding carboxylic acids is 2. The van der Waals surface area contributed by atoms with Gasteiger partial charge in [0.2, 0.25) is 0 Å². The van der Waals surface area contributed by atoms with Gasteiger partial charge in [-0.15, -0.1) is 0 Å². The van der Waals surface area contributed by atoms with Crippen LogP contribution in [0.4, 0.5) is 4.79 Å². The summed E-state index contributed by atoms with van der Waals surface area (Å²) in [6.45, 7) is 18.1. The van der Waals surface area contributed by atoms with E-state index in [9.17, 15) is 9.59 Å². The molecule has 1 atom stereocenters. The molecular weight excluding hydrogens is 402 g/mol. The number of amides is 1. The van der Waals surface area contributed by atoms with Crippen LogP contribution in [0.25, 0.3) is 0 Å². The molecule has 0 fully saturated rings. The first-order chi connectivity index (χ1) is 13.5. The molecule has 0 unspecified atom stereocenters. The topological polar surface area (TPSA) is 124 Å². The lowest BCUT2D eigenvalue weighted by atomic mass is 10.1. The molecular formula is C21H41N3O5Si. The Kier molecular flexibility index (Phi) is 10.8. The zero-order valence-electron chi connectivity index (χ0n) is 20.1. The molecule has 0 aliphatic heterocycles. The van der Waals surface area contributed by atoms with Crippen LogP contribution in [-0.2, 0) is 18.7 Å². The average Bonchev–Trinajstić information content (AvgIpc) is 2.54. The lowest BCUT2D eigenvalue weighted by Crippen LogP contribution is -2.44. The third-order valence-electron chi connectivity index (χ3n) is 4.73. The number of rotatable bonds is 10. The number of allylic oxidation sites excluding steroid dienone is 1. The molecule has 0 bridgehead atoms. The van der Waals surface area contributed by atoms with E-state index in [1.165, 1.54) is 0 Å². The molecule has 1 amide bonds. The van der Waals surface area contributed by atoms with Crippen molar-refractivity contribution in [3.63, 3.8) is 0 Å². The number of hydrogen-bond acceptors (Lipinski definition) is 7. The summed E-state index contributed by atoms with van der Waals surface area (Å²) in [6, 6.07) is -0.904. The highest BCUT2D eigenvalue weighted by molar-refractivity contribution is 6.74. The molecule has 0 saturated carbocycles. The van der Waals surface area contributed by atoms with Gasteiger partial charge in [0.1, 0.15) is 11.6 Å². The Bertz CT molecular complexity index is 634. The standard InChI is InChI=1S/C21H41N3O5Si/c1-10-27-18(25)17(24-19(26)29-20(2,3)4)12-11-15(22)13-16(23)14-28-30(8,9)21(5,6)7/h13,17,22H,10-12,14,23H2,1-9H3,(H,24,26)/t17-/m1/s1. The van der Waals surface area contributed by atoms with Crippen LogP contribution in [-0.4, -0.2) is 50.9 Å². The second-order valence-electron chi connectivity index (χ2n) is 9.78. The van der Waals surface area contributed by atoms with E-state index in [0.717, 1.165) is 0 Å². The van der Waals surface area contributed by atoms with Crippen LogP contribution in [0, 0.1) is 5.41 Å². The van der Waals surface area contributed by atoms with Crippen LogP contribution in [0.15, 0.2) is 11.8 Å². The normalized spacial score (nSPS) is 14.1. The van der Waals surface area contributed by atoms with Crippen LogP contribution in [0.1, 0.15) is 61.3 Å². The third kappa shape index (κ3) is 11.3. The largest absolute Gasteiger partial charge is 0.464 e. The molecule has 0 aromatic heterocycles. The zero-order chi connectivity index (χ0) is 23.8. The molecule has 0 aliphatic carbocycles. The minimum atomic E-state index is -1.93. The minimum absolute atomic E-state index is 0.0704. The Morgan fingerprint density at radius 3 is 2.20 bits per heavy atom. The van der Waals surface area contributed by atoms with Gasteiger partial charge in [-0.1, -0.05) is 20.8 Å². The van der Waals surface area contributed by atoms with Crippen molar-refractivity contribution in [2.45, 2.75) is 91.1 Å².